The molecule has 0 aliphatic rings. The molecule has 1 heterocycles. The normalized spacial score (nSPS) is 10.6. The lowest BCUT2D eigenvalue weighted by atomic mass is 10.2. The average molecular weight is 315 g/mol. The molecule has 0 unspecified atom stereocenters. The molecule has 1 aromatic carbocycles. The molecule has 0 saturated heterocycles. The summed E-state index contributed by atoms with van der Waals surface area (Å²) in [5.41, 5.74) is 4.34. The molecule has 0 bridgehead atoms. The number of carbonyl (C=O) groups is 1. The average Bonchev–Trinajstić information content (AvgIpc) is 2.56. The Kier molecular flexibility index (Phi) is 6.44. The highest BCUT2D eigenvalue weighted by Crippen LogP contribution is 2.16. The second-order valence-electron chi connectivity index (χ2n) is 4.39. The number of hydrogen-bond donors (Lipinski definition) is 1. The number of rotatable bonds is 7. The van der Waals surface area contributed by atoms with Gasteiger partial charge in [-0.2, -0.15) is 5.10 Å². The molecule has 1 amide bonds. The van der Waals surface area contributed by atoms with Gasteiger partial charge in [-0.3, -0.25) is 9.78 Å². The molecule has 22 heavy (non-hydrogen) atoms. The zero-order valence-corrected chi connectivity index (χ0v) is 13.0. The highest BCUT2D eigenvalue weighted by Gasteiger charge is 2.01. The van der Waals surface area contributed by atoms with Crippen molar-refractivity contribution in [1.82, 2.24) is 10.4 Å². The van der Waals surface area contributed by atoms with E-state index < -0.39 is 0 Å². The lowest BCUT2D eigenvalue weighted by Gasteiger charge is -2.03. The van der Waals surface area contributed by atoms with Crippen LogP contribution in [0.4, 0.5) is 0 Å². The predicted octanol–water partition coefficient (Wildman–Crippen LogP) is 2.47. The fourth-order valence-corrected chi connectivity index (χ4v) is 2.42. The van der Waals surface area contributed by atoms with Crippen LogP contribution < -0.4 is 10.2 Å². The van der Waals surface area contributed by atoms with E-state index in [1.54, 1.807) is 13.3 Å². The Hall–Kier alpha value is -2.34. The number of hydrogen-bond acceptors (Lipinski definition) is 5. The third-order valence-electron chi connectivity index (χ3n) is 2.73. The molecule has 0 aliphatic carbocycles. The topological polar surface area (TPSA) is 63.6 Å². The minimum absolute atomic E-state index is 0.134. The quantitative estimate of drug-likeness (QED) is 0.630. The van der Waals surface area contributed by atoms with E-state index in [1.165, 1.54) is 18.0 Å². The first-order valence-electron chi connectivity index (χ1n) is 6.71. The Morgan fingerprint density at radius 3 is 2.82 bits per heavy atom. The van der Waals surface area contributed by atoms with Crippen molar-refractivity contribution in [3.8, 4) is 5.75 Å². The van der Waals surface area contributed by atoms with Crippen molar-refractivity contribution in [1.29, 1.82) is 0 Å². The molecule has 114 valence electrons. The summed E-state index contributed by atoms with van der Waals surface area (Å²) in [7, 11) is 1.64. The molecule has 0 fully saturated rings. The van der Waals surface area contributed by atoms with Gasteiger partial charge in [0, 0.05) is 11.9 Å². The van der Waals surface area contributed by atoms with Gasteiger partial charge in [-0.1, -0.05) is 18.2 Å². The number of carbonyl (C=O) groups excluding carboxylic acids is 1. The van der Waals surface area contributed by atoms with Crippen LogP contribution in [0.2, 0.25) is 0 Å². The van der Waals surface area contributed by atoms with Crippen LogP contribution in [-0.4, -0.2) is 30.0 Å². The lowest BCUT2D eigenvalue weighted by molar-refractivity contribution is -0.118. The van der Waals surface area contributed by atoms with E-state index in [-0.39, 0.29) is 5.91 Å². The van der Waals surface area contributed by atoms with Gasteiger partial charge in [0.05, 0.1) is 24.8 Å². The number of pyridine rings is 1. The molecule has 6 heteroatoms. The predicted molar refractivity (Wildman–Crippen MR) is 89.1 cm³/mol. The van der Waals surface area contributed by atoms with Gasteiger partial charge in [-0.05, 0) is 29.8 Å². The molecule has 0 atom stereocenters. The number of thioether (sulfide) groups is 1. The van der Waals surface area contributed by atoms with Crippen molar-refractivity contribution in [2.45, 2.75) is 5.75 Å². The summed E-state index contributed by atoms with van der Waals surface area (Å²) in [6.07, 6.45) is 3.19. The molecule has 1 N–H and O–H groups in total. The second-order valence-corrected chi connectivity index (χ2v) is 5.37. The summed E-state index contributed by atoms with van der Waals surface area (Å²) < 4.78 is 5.10. The molecule has 0 aliphatic heterocycles. The SMILES string of the molecule is COc1ccc(CSCC(=O)N/N=C/c2ccccn2)cc1. The number of nitrogens with one attached hydrogen (secondary N) is 1. The Morgan fingerprint density at radius 1 is 1.32 bits per heavy atom. The molecular weight excluding hydrogens is 298 g/mol. The van der Waals surface area contributed by atoms with Gasteiger partial charge in [0.1, 0.15) is 5.75 Å². The van der Waals surface area contributed by atoms with E-state index in [0.717, 1.165) is 17.1 Å². The van der Waals surface area contributed by atoms with Crippen molar-refractivity contribution in [2.24, 2.45) is 5.10 Å². The molecule has 0 spiro atoms. The third kappa shape index (κ3) is 5.57. The van der Waals surface area contributed by atoms with Crippen LogP contribution in [0.1, 0.15) is 11.3 Å². The molecule has 2 rings (SSSR count). The van der Waals surface area contributed by atoms with Gasteiger partial charge in [-0.25, -0.2) is 5.43 Å². The summed E-state index contributed by atoms with van der Waals surface area (Å²) in [4.78, 5) is 15.7. The number of aromatic nitrogens is 1. The summed E-state index contributed by atoms with van der Waals surface area (Å²) in [5.74, 6) is 1.81. The Balaban J connectivity index is 1.68. The lowest BCUT2D eigenvalue weighted by Crippen LogP contribution is -2.19. The number of benzene rings is 1. The molecule has 5 nitrogen and oxygen atoms in total. The molecule has 1 aromatic heterocycles. The van der Waals surface area contributed by atoms with Crippen LogP contribution in [0.15, 0.2) is 53.8 Å². The fraction of sp³-hybridized carbons (Fsp3) is 0.188. The van der Waals surface area contributed by atoms with Crippen LogP contribution >= 0.6 is 11.8 Å². The Labute approximate surface area is 133 Å². The van der Waals surface area contributed by atoms with Crippen molar-refractivity contribution < 1.29 is 9.53 Å². The maximum Gasteiger partial charge on any atom is 0.250 e. The van der Waals surface area contributed by atoms with E-state index in [1.807, 2.05) is 42.5 Å². The number of amides is 1. The van der Waals surface area contributed by atoms with Gasteiger partial charge in [0.25, 0.3) is 0 Å². The van der Waals surface area contributed by atoms with Crippen molar-refractivity contribution >= 4 is 23.9 Å². The Morgan fingerprint density at radius 2 is 2.14 bits per heavy atom. The molecule has 0 radical (unpaired) electrons. The monoisotopic (exact) mass is 315 g/mol. The first kappa shape index (κ1) is 16.0. The minimum atomic E-state index is -0.134. The molecular formula is C16H17N3O2S. The van der Waals surface area contributed by atoms with Crippen LogP contribution in [0.3, 0.4) is 0 Å². The first-order chi connectivity index (χ1) is 10.8. The van der Waals surface area contributed by atoms with Gasteiger partial charge in [0.2, 0.25) is 5.91 Å². The van der Waals surface area contributed by atoms with Crippen LogP contribution in [0.5, 0.6) is 5.75 Å². The maximum absolute atomic E-state index is 11.6. The number of hydrazone groups is 1. The smallest absolute Gasteiger partial charge is 0.250 e. The third-order valence-corrected chi connectivity index (χ3v) is 3.74. The van der Waals surface area contributed by atoms with E-state index in [2.05, 4.69) is 15.5 Å². The highest BCUT2D eigenvalue weighted by molar-refractivity contribution is 7.99. The number of methoxy groups -OCH3 is 1. The van der Waals surface area contributed by atoms with E-state index in [9.17, 15) is 4.79 Å². The fourth-order valence-electron chi connectivity index (χ4n) is 1.64. The number of ether oxygens (including phenoxy) is 1. The summed E-state index contributed by atoms with van der Waals surface area (Å²) in [6, 6.07) is 13.3. The maximum atomic E-state index is 11.6. The zero-order chi connectivity index (χ0) is 15.6. The summed E-state index contributed by atoms with van der Waals surface area (Å²) >= 11 is 1.53. The second kappa shape index (κ2) is 8.84. The standard InChI is InChI=1S/C16H17N3O2S/c1-21-15-7-5-13(6-8-15)11-22-12-16(20)19-18-10-14-4-2-3-9-17-14/h2-10H,11-12H2,1H3,(H,19,20)/b18-10+. The highest BCUT2D eigenvalue weighted by atomic mass is 32.2. The van der Waals surface area contributed by atoms with Gasteiger partial charge >= 0.3 is 0 Å². The van der Waals surface area contributed by atoms with Crippen LogP contribution in [0.25, 0.3) is 0 Å². The van der Waals surface area contributed by atoms with Crippen LogP contribution in [-0.2, 0) is 10.5 Å². The van der Waals surface area contributed by atoms with Gasteiger partial charge in [0.15, 0.2) is 0 Å². The van der Waals surface area contributed by atoms with Crippen molar-refractivity contribution in [3.63, 3.8) is 0 Å². The molecule has 2 aromatic rings. The Bertz CT molecular complexity index is 615. The zero-order valence-electron chi connectivity index (χ0n) is 12.2. The first-order valence-corrected chi connectivity index (χ1v) is 7.87. The van der Waals surface area contributed by atoms with E-state index >= 15 is 0 Å². The number of nitrogens with zero attached hydrogens (tertiary/aromatic N) is 2. The molecule has 0 saturated carbocycles. The van der Waals surface area contributed by atoms with Gasteiger partial charge < -0.3 is 4.74 Å². The minimum Gasteiger partial charge on any atom is -0.497 e. The van der Waals surface area contributed by atoms with E-state index in [0.29, 0.717) is 11.4 Å². The van der Waals surface area contributed by atoms with Crippen LogP contribution in [0, 0.1) is 0 Å². The van der Waals surface area contributed by atoms with Gasteiger partial charge in [-0.15, -0.1) is 11.8 Å². The summed E-state index contributed by atoms with van der Waals surface area (Å²) in [5, 5.41) is 3.87. The summed E-state index contributed by atoms with van der Waals surface area (Å²) in [6.45, 7) is 0. The van der Waals surface area contributed by atoms with Crippen molar-refractivity contribution in [3.05, 3.63) is 59.9 Å². The van der Waals surface area contributed by atoms with E-state index in [4.69, 9.17) is 4.74 Å². The van der Waals surface area contributed by atoms with Crippen molar-refractivity contribution in [2.75, 3.05) is 12.9 Å². The largest absolute Gasteiger partial charge is 0.497 e.